The highest BCUT2D eigenvalue weighted by Gasteiger charge is 2.22. The SMILES string of the molecule is CCc1cccc(CC)c1NC(=O)/C=C/c1cc2c(cc1[N+](=O)[O-])OCO2. The molecule has 140 valence electrons. The number of carbonyl (C=O) groups excluding carboxylic acids is 1. The molecule has 1 aliphatic heterocycles. The molecule has 7 nitrogen and oxygen atoms in total. The van der Waals surface area contributed by atoms with Crippen molar-refractivity contribution in [1.82, 2.24) is 0 Å². The molecular weight excluding hydrogens is 348 g/mol. The molecule has 2 aromatic rings. The van der Waals surface area contributed by atoms with Crippen molar-refractivity contribution in [3.8, 4) is 11.5 Å². The van der Waals surface area contributed by atoms with Crippen LogP contribution in [0.1, 0.15) is 30.5 Å². The van der Waals surface area contributed by atoms with Crippen LogP contribution in [-0.4, -0.2) is 17.6 Å². The Morgan fingerprint density at radius 3 is 2.41 bits per heavy atom. The van der Waals surface area contributed by atoms with Crippen molar-refractivity contribution in [2.45, 2.75) is 26.7 Å². The number of nitro groups is 1. The smallest absolute Gasteiger partial charge is 0.280 e. The summed E-state index contributed by atoms with van der Waals surface area (Å²) < 4.78 is 10.4. The summed E-state index contributed by atoms with van der Waals surface area (Å²) in [6.07, 6.45) is 4.29. The first-order valence-corrected chi connectivity index (χ1v) is 8.71. The maximum absolute atomic E-state index is 12.4. The molecule has 1 amide bonds. The predicted octanol–water partition coefficient (Wildman–Crippen LogP) is 4.10. The van der Waals surface area contributed by atoms with Crippen LogP contribution in [0.5, 0.6) is 11.5 Å². The number of ether oxygens (including phenoxy) is 2. The van der Waals surface area contributed by atoms with E-state index in [1.807, 2.05) is 32.0 Å². The maximum atomic E-state index is 12.4. The molecule has 2 aromatic carbocycles. The molecule has 0 unspecified atom stereocenters. The molecule has 0 atom stereocenters. The van der Waals surface area contributed by atoms with Crippen LogP contribution in [0.15, 0.2) is 36.4 Å². The monoisotopic (exact) mass is 368 g/mol. The molecule has 0 saturated carbocycles. The van der Waals surface area contributed by atoms with E-state index >= 15 is 0 Å². The van der Waals surface area contributed by atoms with Gasteiger partial charge in [0.05, 0.1) is 16.6 Å². The topological polar surface area (TPSA) is 90.7 Å². The van der Waals surface area contributed by atoms with E-state index in [-0.39, 0.29) is 24.0 Å². The second-order valence-electron chi connectivity index (χ2n) is 6.00. The number of carbonyl (C=O) groups is 1. The lowest BCUT2D eigenvalue weighted by Crippen LogP contribution is -2.11. The third-order valence-corrected chi connectivity index (χ3v) is 4.38. The van der Waals surface area contributed by atoms with Gasteiger partial charge in [0.1, 0.15) is 0 Å². The molecule has 0 saturated heterocycles. The number of nitro benzene ring substituents is 1. The molecule has 7 heteroatoms. The van der Waals surface area contributed by atoms with Crippen molar-refractivity contribution in [1.29, 1.82) is 0 Å². The fourth-order valence-electron chi connectivity index (χ4n) is 2.97. The van der Waals surface area contributed by atoms with Crippen molar-refractivity contribution in [2.24, 2.45) is 0 Å². The van der Waals surface area contributed by atoms with Gasteiger partial charge in [0.25, 0.3) is 5.69 Å². The zero-order valence-electron chi connectivity index (χ0n) is 15.2. The van der Waals surface area contributed by atoms with Crippen LogP contribution in [0.4, 0.5) is 11.4 Å². The molecule has 0 radical (unpaired) electrons. The van der Waals surface area contributed by atoms with E-state index in [0.717, 1.165) is 29.7 Å². The zero-order chi connectivity index (χ0) is 19.4. The third-order valence-electron chi connectivity index (χ3n) is 4.38. The van der Waals surface area contributed by atoms with E-state index in [1.54, 1.807) is 0 Å². The van der Waals surface area contributed by atoms with E-state index < -0.39 is 4.92 Å². The molecule has 1 aliphatic rings. The van der Waals surface area contributed by atoms with Crippen molar-refractivity contribution in [2.75, 3.05) is 12.1 Å². The van der Waals surface area contributed by atoms with Gasteiger partial charge in [0, 0.05) is 11.8 Å². The molecule has 3 rings (SSSR count). The number of benzene rings is 2. The average molecular weight is 368 g/mol. The quantitative estimate of drug-likeness (QED) is 0.471. The number of rotatable bonds is 6. The fraction of sp³-hybridized carbons (Fsp3) is 0.250. The van der Waals surface area contributed by atoms with Crippen molar-refractivity contribution < 1.29 is 19.2 Å². The number of para-hydroxylation sites is 1. The summed E-state index contributed by atoms with van der Waals surface area (Å²) in [5.41, 5.74) is 3.03. The number of anilines is 1. The minimum atomic E-state index is -0.513. The number of hydrogen-bond acceptors (Lipinski definition) is 5. The average Bonchev–Trinajstić information content (AvgIpc) is 3.13. The highest BCUT2D eigenvalue weighted by atomic mass is 16.7. The fourth-order valence-corrected chi connectivity index (χ4v) is 2.97. The number of aryl methyl sites for hydroxylation is 2. The van der Waals surface area contributed by atoms with Gasteiger partial charge in [-0.05, 0) is 36.1 Å². The first-order chi connectivity index (χ1) is 13.0. The summed E-state index contributed by atoms with van der Waals surface area (Å²) in [5, 5.41) is 14.2. The Bertz CT molecular complexity index is 899. The van der Waals surface area contributed by atoms with Gasteiger partial charge < -0.3 is 14.8 Å². The second kappa shape index (κ2) is 7.90. The van der Waals surface area contributed by atoms with Crippen LogP contribution >= 0.6 is 0 Å². The Kier molecular flexibility index (Phi) is 5.40. The van der Waals surface area contributed by atoms with E-state index in [0.29, 0.717) is 11.5 Å². The number of nitrogens with one attached hydrogen (secondary N) is 1. The van der Waals surface area contributed by atoms with Crippen molar-refractivity contribution in [3.05, 3.63) is 63.2 Å². The van der Waals surface area contributed by atoms with E-state index in [1.165, 1.54) is 24.3 Å². The Morgan fingerprint density at radius 1 is 1.19 bits per heavy atom. The Hall–Kier alpha value is -3.35. The first-order valence-electron chi connectivity index (χ1n) is 8.71. The van der Waals surface area contributed by atoms with Crippen LogP contribution < -0.4 is 14.8 Å². The van der Waals surface area contributed by atoms with Crippen LogP contribution in [0.2, 0.25) is 0 Å². The van der Waals surface area contributed by atoms with E-state index in [4.69, 9.17) is 9.47 Å². The van der Waals surface area contributed by atoms with Gasteiger partial charge in [-0.1, -0.05) is 32.0 Å². The molecule has 0 fully saturated rings. The lowest BCUT2D eigenvalue weighted by Gasteiger charge is -2.13. The van der Waals surface area contributed by atoms with E-state index in [9.17, 15) is 14.9 Å². The minimum absolute atomic E-state index is 0.0216. The van der Waals surface area contributed by atoms with Crippen molar-refractivity contribution >= 4 is 23.4 Å². The summed E-state index contributed by atoms with van der Waals surface area (Å²) in [7, 11) is 0. The highest BCUT2D eigenvalue weighted by Crippen LogP contribution is 2.38. The van der Waals surface area contributed by atoms with Gasteiger partial charge in [-0.15, -0.1) is 0 Å². The number of fused-ring (bicyclic) bond motifs is 1. The van der Waals surface area contributed by atoms with Gasteiger partial charge in [0.15, 0.2) is 11.5 Å². The van der Waals surface area contributed by atoms with Gasteiger partial charge >= 0.3 is 0 Å². The second-order valence-corrected chi connectivity index (χ2v) is 6.00. The number of amides is 1. The van der Waals surface area contributed by atoms with Crippen LogP contribution in [0, 0.1) is 10.1 Å². The lowest BCUT2D eigenvalue weighted by atomic mass is 10.0. The molecule has 0 bridgehead atoms. The van der Waals surface area contributed by atoms with Gasteiger partial charge in [-0.3, -0.25) is 14.9 Å². The van der Waals surface area contributed by atoms with Gasteiger partial charge in [0.2, 0.25) is 12.7 Å². The highest BCUT2D eigenvalue weighted by molar-refractivity contribution is 6.03. The Morgan fingerprint density at radius 2 is 1.81 bits per heavy atom. The van der Waals surface area contributed by atoms with Crippen LogP contribution in [-0.2, 0) is 17.6 Å². The largest absolute Gasteiger partial charge is 0.454 e. The molecule has 0 spiro atoms. The van der Waals surface area contributed by atoms with E-state index in [2.05, 4.69) is 5.32 Å². The summed E-state index contributed by atoms with van der Waals surface area (Å²) in [5.74, 6) is 0.399. The first kappa shape index (κ1) is 18.4. The lowest BCUT2D eigenvalue weighted by molar-refractivity contribution is -0.385. The van der Waals surface area contributed by atoms with Crippen LogP contribution in [0.25, 0.3) is 6.08 Å². The van der Waals surface area contributed by atoms with Crippen molar-refractivity contribution in [3.63, 3.8) is 0 Å². The van der Waals surface area contributed by atoms with Gasteiger partial charge in [-0.25, -0.2) is 0 Å². The molecule has 1 N–H and O–H groups in total. The van der Waals surface area contributed by atoms with Gasteiger partial charge in [-0.2, -0.15) is 0 Å². The number of nitrogens with zero attached hydrogens (tertiary/aromatic N) is 1. The number of hydrogen-bond donors (Lipinski definition) is 1. The molecule has 0 aromatic heterocycles. The molecule has 1 heterocycles. The molecule has 27 heavy (non-hydrogen) atoms. The summed E-state index contributed by atoms with van der Waals surface area (Å²) in [4.78, 5) is 23.2. The molecular formula is C20H20N2O5. The summed E-state index contributed by atoms with van der Waals surface area (Å²) >= 11 is 0. The normalized spacial score (nSPS) is 12.4. The standard InChI is InChI=1S/C20H20N2O5/c1-3-13-6-5-7-14(4-2)20(13)21-19(23)9-8-15-10-17-18(27-12-26-17)11-16(15)22(24)25/h5-11H,3-4,12H2,1-2H3,(H,21,23)/b9-8+. The Labute approximate surface area is 156 Å². The predicted molar refractivity (Wildman–Crippen MR) is 102 cm³/mol. The third kappa shape index (κ3) is 3.92. The Balaban J connectivity index is 1.85. The summed E-state index contributed by atoms with van der Waals surface area (Å²) in [6.45, 7) is 4.07. The maximum Gasteiger partial charge on any atom is 0.280 e. The summed E-state index contributed by atoms with van der Waals surface area (Å²) in [6, 6.07) is 8.73. The zero-order valence-corrected chi connectivity index (χ0v) is 15.2. The minimum Gasteiger partial charge on any atom is -0.454 e. The molecule has 0 aliphatic carbocycles. The van der Waals surface area contributed by atoms with Crippen LogP contribution in [0.3, 0.4) is 0 Å².